The first-order valence-electron chi connectivity index (χ1n) is 6.50. The largest absolute Gasteiger partial charge is 0.478 e. The van der Waals surface area contributed by atoms with Crippen molar-refractivity contribution in [3.8, 4) is 11.5 Å². The van der Waals surface area contributed by atoms with E-state index in [4.69, 9.17) is 19.0 Å². The molecule has 0 radical (unpaired) electrons. The fourth-order valence-corrected chi connectivity index (χ4v) is 2.31. The topological polar surface area (TPSA) is 72.1 Å². The summed E-state index contributed by atoms with van der Waals surface area (Å²) in [6.45, 7) is 1.32. The lowest BCUT2D eigenvalue weighted by Gasteiger charge is -2.16. The van der Waals surface area contributed by atoms with Crippen LogP contribution < -0.4 is 9.47 Å². The number of carboxylic acid groups (broad SMARTS) is 1. The second-order valence-electron chi connectivity index (χ2n) is 4.92. The third-order valence-electron chi connectivity index (χ3n) is 3.28. The number of carbonyl (C=O) groups is 1. The first-order valence-corrected chi connectivity index (χ1v) is 6.50. The van der Waals surface area contributed by atoms with Crippen LogP contribution in [-0.2, 0) is 13.1 Å². The van der Waals surface area contributed by atoms with Crippen LogP contribution in [0.15, 0.2) is 34.9 Å². The van der Waals surface area contributed by atoms with Crippen LogP contribution in [-0.4, -0.2) is 29.8 Å². The van der Waals surface area contributed by atoms with E-state index in [1.165, 1.54) is 12.3 Å². The minimum atomic E-state index is -0.977. The quantitative estimate of drug-likeness (QED) is 0.911. The molecule has 0 saturated carbocycles. The van der Waals surface area contributed by atoms with Gasteiger partial charge in [-0.1, -0.05) is 6.07 Å². The number of ether oxygens (including phenoxy) is 2. The van der Waals surface area contributed by atoms with Gasteiger partial charge in [0, 0.05) is 6.54 Å². The van der Waals surface area contributed by atoms with Crippen molar-refractivity contribution in [2.45, 2.75) is 13.1 Å². The Bertz CT molecular complexity index is 664. The van der Waals surface area contributed by atoms with Crippen molar-refractivity contribution < 1.29 is 23.8 Å². The first-order chi connectivity index (χ1) is 10.1. The molecular weight excluding hydrogens is 274 g/mol. The van der Waals surface area contributed by atoms with Gasteiger partial charge in [0.1, 0.15) is 11.3 Å². The second kappa shape index (κ2) is 5.49. The number of fused-ring (bicyclic) bond motifs is 1. The molecule has 1 aromatic carbocycles. The smallest absolute Gasteiger partial charge is 0.339 e. The zero-order valence-corrected chi connectivity index (χ0v) is 11.5. The van der Waals surface area contributed by atoms with Crippen molar-refractivity contribution in [1.29, 1.82) is 0 Å². The summed E-state index contributed by atoms with van der Waals surface area (Å²) in [6, 6.07) is 7.23. The zero-order chi connectivity index (χ0) is 14.8. The summed E-state index contributed by atoms with van der Waals surface area (Å²) in [5.41, 5.74) is 1.26. The van der Waals surface area contributed by atoms with Gasteiger partial charge in [0.25, 0.3) is 0 Å². The molecule has 2 heterocycles. The maximum Gasteiger partial charge on any atom is 0.339 e. The normalized spacial score (nSPS) is 12.9. The van der Waals surface area contributed by atoms with Gasteiger partial charge in [-0.05, 0) is 30.8 Å². The van der Waals surface area contributed by atoms with Crippen LogP contribution in [0.4, 0.5) is 0 Å². The summed E-state index contributed by atoms with van der Waals surface area (Å²) >= 11 is 0. The lowest BCUT2D eigenvalue weighted by molar-refractivity contribution is 0.0693. The molecule has 0 amide bonds. The summed E-state index contributed by atoms with van der Waals surface area (Å²) in [5.74, 6) is 0.965. The fraction of sp³-hybridized carbons (Fsp3) is 0.267. The number of nitrogens with zero attached hydrogens (tertiary/aromatic N) is 1. The average Bonchev–Trinajstić information content (AvgIpc) is 3.06. The van der Waals surface area contributed by atoms with Crippen LogP contribution in [0.3, 0.4) is 0 Å². The molecule has 1 aromatic heterocycles. The molecule has 1 N–H and O–H groups in total. The highest BCUT2D eigenvalue weighted by atomic mass is 16.7. The number of aromatic carboxylic acids is 1. The van der Waals surface area contributed by atoms with Crippen LogP contribution in [0.5, 0.6) is 11.5 Å². The highest BCUT2D eigenvalue weighted by molar-refractivity contribution is 5.88. The van der Waals surface area contributed by atoms with E-state index >= 15 is 0 Å². The molecule has 0 saturated heterocycles. The second-order valence-corrected chi connectivity index (χ2v) is 4.92. The fourth-order valence-electron chi connectivity index (χ4n) is 2.31. The van der Waals surface area contributed by atoms with Gasteiger partial charge in [0.2, 0.25) is 6.79 Å². The zero-order valence-electron chi connectivity index (χ0n) is 11.5. The van der Waals surface area contributed by atoms with E-state index in [9.17, 15) is 4.79 Å². The highest BCUT2D eigenvalue weighted by Gasteiger charge is 2.17. The van der Waals surface area contributed by atoms with E-state index in [-0.39, 0.29) is 12.4 Å². The van der Waals surface area contributed by atoms with E-state index < -0.39 is 5.97 Å². The van der Waals surface area contributed by atoms with Crippen molar-refractivity contribution in [2.75, 3.05) is 13.8 Å². The number of rotatable bonds is 5. The maximum absolute atomic E-state index is 11.0. The third kappa shape index (κ3) is 2.85. The predicted molar refractivity (Wildman–Crippen MR) is 73.4 cm³/mol. The minimum Gasteiger partial charge on any atom is -0.478 e. The van der Waals surface area contributed by atoms with Gasteiger partial charge in [0.15, 0.2) is 11.5 Å². The van der Waals surface area contributed by atoms with Crippen molar-refractivity contribution in [1.82, 2.24) is 4.90 Å². The molecule has 0 unspecified atom stereocenters. The van der Waals surface area contributed by atoms with Gasteiger partial charge in [0.05, 0.1) is 12.8 Å². The summed E-state index contributed by atoms with van der Waals surface area (Å²) in [4.78, 5) is 13.0. The molecule has 0 atom stereocenters. The Balaban J connectivity index is 1.67. The van der Waals surface area contributed by atoms with Crippen molar-refractivity contribution in [3.05, 3.63) is 47.4 Å². The molecule has 2 aromatic rings. The Kier molecular flexibility index (Phi) is 3.53. The molecule has 0 aliphatic carbocycles. The van der Waals surface area contributed by atoms with E-state index in [1.54, 1.807) is 0 Å². The molecule has 1 aliphatic heterocycles. The molecule has 0 spiro atoms. The summed E-state index contributed by atoms with van der Waals surface area (Å²) in [7, 11) is 1.90. The maximum atomic E-state index is 11.0. The molecular formula is C15H15NO5. The number of benzene rings is 1. The summed E-state index contributed by atoms with van der Waals surface area (Å²) in [6.07, 6.45) is 1.40. The first kappa shape index (κ1) is 13.5. The summed E-state index contributed by atoms with van der Waals surface area (Å²) in [5, 5.41) is 9.05. The van der Waals surface area contributed by atoms with Crippen LogP contribution in [0, 0.1) is 0 Å². The van der Waals surface area contributed by atoms with Crippen LogP contribution in [0.2, 0.25) is 0 Å². The Hall–Kier alpha value is -2.47. The van der Waals surface area contributed by atoms with Crippen molar-refractivity contribution >= 4 is 5.97 Å². The van der Waals surface area contributed by atoms with E-state index in [0.29, 0.717) is 18.8 Å². The summed E-state index contributed by atoms with van der Waals surface area (Å²) < 4.78 is 15.9. The minimum absolute atomic E-state index is 0.201. The molecule has 6 nitrogen and oxygen atoms in total. The van der Waals surface area contributed by atoms with Crippen LogP contribution in [0.25, 0.3) is 0 Å². The molecule has 110 valence electrons. The Morgan fingerprint density at radius 1 is 1.24 bits per heavy atom. The lowest BCUT2D eigenvalue weighted by atomic mass is 10.2. The lowest BCUT2D eigenvalue weighted by Crippen LogP contribution is -2.18. The van der Waals surface area contributed by atoms with E-state index in [1.807, 2.05) is 30.1 Å². The van der Waals surface area contributed by atoms with Crippen LogP contribution in [0.1, 0.15) is 21.7 Å². The van der Waals surface area contributed by atoms with Gasteiger partial charge < -0.3 is 19.0 Å². The Morgan fingerprint density at radius 2 is 2.05 bits per heavy atom. The van der Waals surface area contributed by atoms with Crippen molar-refractivity contribution in [2.24, 2.45) is 0 Å². The Morgan fingerprint density at radius 3 is 2.86 bits per heavy atom. The van der Waals surface area contributed by atoms with Gasteiger partial charge in [-0.25, -0.2) is 4.79 Å². The van der Waals surface area contributed by atoms with Crippen molar-refractivity contribution in [3.63, 3.8) is 0 Å². The molecule has 21 heavy (non-hydrogen) atoms. The number of hydrogen-bond acceptors (Lipinski definition) is 5. The average molecular weight is 289 g/mol. The highest BCUT2D eigenvalue weighted by Crippen LogP contribution is 2.32. The molecule has 0 bridgehead atoms. The monoisotopic (exact) mass is 289 g/mol. The van der Waals surface area contributed by atoms with Gasteiger partial charge in [-0.3, -0.25) is 4.90 Å². The molecule has 3 rings (SSSR count). The van der Waals surface area contributed by atoms with Gasteiger partial charge in [-0.15, -0.1) is 0 Å². The Labute approximate surface area is 121 Å². The molecule has 6 heteroatoms. The third-order valence-corrected chi connectivity index (χ3v) is 3.28. The molecule has 1 aliphatic rings. The van der Waals surface area contributed by atoms with Gasteiger partial charge >= 0.3 is 5.97 Å². The SMILES string of the molecule is CN(Cc1ccc2c(c1)OCO2)Cc1occc1C(=O)O. The van der Waals surface area contributed by atoms with E-state index in [2.05, 4.69) is 0 Å². The molecule has 0 fully saturated rings. The van der Waals surface area contributed by atoms with Crippen LogP contribution >= 0.6 is 0 Å². The number of hydrogen-bond donors (Lipinski definition) is 1. The number of furan rings is 1. The predicted octanol–water partition coefficient (Wildman–Crippen LogP) is 2.34. The number of carboxylic acids is 1. The standard InChI is InChI=1S/C15H15NO5/c1-16(8-14-11(15(17)18)4-5-19-14)7-10-2-3-12-13(6-10)21-9-20-12/h2-6H,7-9H2,1H3,(H,17,18). The van der Waals surface area contributed by atoms with E-state index in [0.717, 1.165) is 17.1 Å². The van der Waals surface area contributed by atoms with Gasteiger partial charge in [-0.2, -0.15) is 0 Å².